The summed E-state index contributed by atoms with van der Waals surface area (Å²) in [5, 5.41) is 0. The van der Waals surface area contributed by atoms with E-state index >= 15 is 0 Å². The van der Waals surface area contributed by atoms with Crippen molar-refractivity contribution >= 4 is 58.3 Å². The van der Waals surface area contributed by atoms with E-state index in [0.717, 1.165) is 18.4 Å². The highest BCUT2D eigenvalue weighted by Crippen LogP contribution is 2.40. The molecule has 1 heterocycles. The highest BCUT2D eigenvalue weighted by molar-refractivity contribution is 6.68. The lowest BCUT2D eigenvalue weighted by atomic mass is 9.94. The molecule has 1 aliphatic heterocycles. The number of nitrogens with zero attached hydrogens (tertiary/aromatic N) is 3. The van der Waals surface area contributed by atoms with Crippen molar-refractivity contribution in [1.29, 1.82) is 0 Å². The normalized spacial score (nSPS) is 16.7. The number of rotatable bonds is 9. The van der Waals surface area contributed by atoms with Crippen molar-refractivity contribution in [1.82, 2.24) is 9.80 Å². The lowest BCUT2D eigenvalue weighted by molar-refractivity contribution is -0.156. The van der Waals surface area contributed by atoms with Crippen LogP contribution in [-0.4, -0.2) is 63.3 Å². The molecule has 0 aromatic heterocycles. The fraction of sp³-hybridized carbons (Fsp3) is 0.640. The van der Waals surface area contributed by atoms with E-state index in [1.54, 1.807) is 4.90 Å². The molecule has 11 heteroatoms. The summed E-state index contributed by atoms with van der Waals surface area (Å²) in [6.07, 6.45) is 6.95. The minimum absolute atomic E-state index is 0.152. The third-order valence-corrected chi connectivity index (χ3v) is 8.03. The molecule has 1 amide bonds. The Kier molecular flexibility index (Phi) is 9.63. The Morgan fingerprint density at radius 2 is 1.89 bits per heavy atom. The van der Waals surface area contributed by atoms with Crippen LogP contribution in [0.15, 0.2) is 23.2 Å². The smallest absolute Gasteiger partial charge is 0.326 e. The zero-order valence-electron chi connectivity index (χ0n) is 21.1. The number of hydrogen-bond acceptors (Lipinski definition) is 7. The topological polar surface area (TPSA) is 97.5 Å². The summed E-state index contributed by atoms with van der Waals surface area (Å²) in [5.41, 5.74) is 6.29. The van der Waals surface area contributed by atoms with Crippen LogP contribution in [0, 0.1) is 0 Å². The number of hydrogen-bond donors (Lipinski definition) is 1. The van der Waals surface area contributed by atoms with Gasteiger partial charge in [-0.15, -0.1) is 0 Å². The number of benzene rings is 1. The van der Waals surface area contributed by atoms with Gasteiger partial charge in [0.15, 0.2) is 11.6 Å². The first-order valence-electron chi connectivity index (χ1n) is 12.3. The number of ether oxygens (including phenoxy) is 2. The molecule has 1 aromatic rings. The number of carbonyl (C=O) groups is 2. The van der Waals surface area contributed by atoms with Crippen LogP contribution in [0.1, 0.15) is 64.4 Å². The van der Waals surface area contributed by atoms with Gasteiger partial charge in [-0.25, -0.2) is 4.99 Å². The van der Waals surface area contributed by atoms with Crippen molar-refractivity contribution in [2.24, 2.45) is 10.7 Å². The van der Waals surface area contributed by atoms with Gasteiger partial charge >= 0.3 is 5.97 Å². The summed E-state index contributed by atoms with van der Waals surface area (Å²) < 4.78 is 9.47. The van der Waals surface area contributed by atoms with E-state index in [4.69, 9.17) is 50.0 Å². The second-order valence-electron chi connectivity index (χ2n) is 9.85. The van der Waals surface area contributed by atoms with Gasteiger partial charge in [0.25, 0.3) is 0 Å². The Morgan fingerprint density at radius 1 is 1.19 bits per heavy atom. The molecule has 0 unspecified atom stereocenters. The Labute approximate surface area is 228 Å². The summed E-state index contributed by atoms with van der Waals surface area (Å²) in [5.74, 6) is 0.433. The largest absolute Gasteiger partial charge is 0.494 e. The second kappa shape index (κ2) is 12.1. The van der Waals surface area contributed by atoms with Gasteiger partial charge in [-0.1, -0.05) is 54.1 Å². The third-order valence-electron chi connectivity index (χ3n) is 6.66. The Balaban J connectivity index is 1.50. The predicted molar refractivity (Wildman–Crippen MR) is 143 cm³/mol. The molecule has 1 aliphatic carbocycles. The van der Waals surface area contributed by atoms with E-state index in [0.29, 0.717) is 43.5 Å². The first-order valence-corrected chi connectivity index (χ1v) is 13.4. The third kappa shape index (κ3) is 7.56. The van der Waals surface area contributed by atoms with Crippen LogP contribution >= 0.6 is 34.8 Å². The Morgan fingerprint density at radius 3 is 2.56 bits per heavy atom. The van der Waals surface area contributed by atoms with E-state index in [9.17, 15) is 9.59 Å². The van der Waals surface area contributed by atoms with E-state index in [2.05, 4.69) is 4.99 Å². The molecule has 1 aromatic carbocycles. The van der Waals surface area contributed by atoms with E-state index in [1.165, 1.54) is 33.1 Å². The minimum atomic E-state index is -1.78. The predicted octanol–water partition coefficient (Wildman–Crippen LogP) is 5.09. The fourth-order valence-electron chi connectivity index (χ4n) is 4.30. The fourth-order valence-corrected chi connectivity index (χ4v) is 4.41. The number of nitrogens with two attached hydrogens (primary N) is 1. The molecular formula is C25H35Cl3N4O4. The number of carbonyl (C=O) groups excluding carboxylic acids is 2. The summed E-state index contributed by atoms with van der Waals surface area (Å²) in [4.78, 5) is 32.9. The first-order chi connectivity index (χ1) is 16.9. The van der Waals surface area contributed by atoms with Crippen LogP contribution in [0.4, 0.5) is 5.69 Å². The monoisotopic (exact) mass is 560 g/mol. The van der Waals surface area contributed by atoms with Crippen molar-refractivity contribution < 1.29 is 19.1 Å². The maximum atomic E-state index is 12.5. The van der Waals surface area contributed by atoms with Gasteiger partial charge in [0, 0.05) is 31.6 Å². The summed E-state index contributed by atoms with van der Waals surface area (Å²) >= 11 is 17.7. The first kappa shape index (κ1) is 28.7. The van der Waals surface area contributed by atoms with Crippen molar-refractivity contribution in [2.45, 2.75) is 80.8 Å². The van der Waals surface area contributed by atoms with Gasteiger partial charge < -0.3 is 25.0 Å². The van der Waals surface area contributed by atoms with Crippen molar-refractivity contribution in [3.63, 3.8) is 0 Å². The van der Waals surface area contributed by atoms with Crippen molar-refractivity contribution in [3.05, 3.63) is 23.8 Å². The molecule has 0 radical (unpaired) electrons. The maximum Gasteiger partial charge on any atom is 0.326 e. The molecule has 3 rings (SSSR count). The molecule has 200 valence electrons. The molecule has 1 saturated carbocycles. The number of esters is 1. The van der Waals surface area contributed by atoms with E-state index in [1.807, 2.05) is 30.1 Å². The lowest BCUT2D eigenvalue weighted by Gasteiger charge is -2.33. The van der Waals surface area contributed by atoms with Gasteiger partial charge in [0.1, 0.15) is 12.3 Å². The number of amides is 1. The Hall–Kier alpha value is -1.90. The quantitative estimate of drug-likeness (QED) is 0.256. The molecule has 0 spiro atoms. The zero-order valence-corrected chi connectivity index (χ0v) is 23.3. The summed E-state index contributed by atoms with van der Waals surface area (Å²) in [6, 6.07) is 5.87. The Bertz CT molecular complexity index is 975. The standard InChI is InChI=1S/C25H35Cl3N4O4/c1-24(2,25(26,27)28)36-22(34)16-32-15-17-14-19(11-12-20(17)30-23(32)29)35-13-7-10-21(33)31(3)18-8-5-4-6-9-18/h11-12,14,18H,4-10,13,15-16H2,1-3H3,(H2,29,30). The van der Waals surface area contributed by atoms with E-state index in [-0.39, 0.29) is 18.4 Å². The number of aliphatic imine (C=N–C) groups is 1. The average molecular weight is 562 g/mol. The van der Waals surface area contributed by atoms with E-state index < -0.39 is 15.4 Å². The maximum absolute atomic E-state index is 12.5. The number of alkyl halides is 3. The van der Waals surface area contributed by atoms with Gasteiger partial charge in [-0.3, -0.25) is 9.59 Å². The molecule has 1 fully saturated rings. The number of fused-ring (bicyclic) bond motifs is 1. The van der Waals surface area contributed by atoms with Crippen LogP contribution < -0.4 is 10.5 Å². The average Bonchev–Trinajstić information content (AvgIpc) is 2.81. The van der Waals surface area contributed by atoms with Gasteiger partial charge in [-0.2, -0.15) is 0 Å². The summed E-state index contributed by atoms with van der Waals surface area (Å²) in [7, 11) is 1.91. The van der Waals surface area contributed by atoms with Crippen molar-refractivity contribution in [3.8, 4) is 5.75 Å². The minimum Gasteiger partial charge on any atom is -0.494 e. The summed E-state index contributed by atoms with van der Waals surface area (Å²) in [6.45, 7) is 3.66. The SMILES string of the molecule is CN(C(=O)CCCOc1ccc2c(c1)CN(CC(=O)OC(C)(C)C(Cl)(Cl)Cl)C(N)=N2)C1CCCCC1. The number of guanidine groups is 1. The molecular weight excluding hydrogens is 527 g/mol. The number of halogens is 3. The molecule has 0 saturated heterocycles. The molecule has 2 N–H and O–H groups in total. The highest BCUT2D eigenvalue weighted by atomic mass is 35.6. The highest BCUT2D eigenvalue weighted by Gasteiger charge is 2.44. The lowest BCUT2D eigenvalue weighted by Crippen LogP contribution is -2.46. The molecule has 36 heavy (non-hydrogen) atoms. The van der Waals surface area contributed by atoms with Crippen molar-refractivity contribution in [2.75, 3.05) is 20.2 Å². The molecule has 0 bridgehead atoms. The van der Waals surface area contributed by atoms with Gasteiger partial charge in [0.05, 0.1) is 12.3 Å². The van der Waals surface area contributed by atoms with Crippen LogP contribution in [-0.2, 0) is 20.9 Å². The van der Waals surface area contributed by atoms with Gasteiger partial charge in [0.2, 0.25) is 9.70 Å². The molecule has 2 aliphatic rings. The zero-order chi connectivity index (χ0) is 26.5. The van der Waals surface area contributed by atoms with Crippen LogP contribution in [0.25, 0.3) is 0 Å². The second-order valence-corrected chi connectivity index (χ2v) is 12.1. The van der Waals surface area contributed by atoms with Crippen LogP contribution in [0.5, 0.6) is 5.75 Å². The van der Waals surface area contributed by atoms with Crippen LogP contribution in [0.3, 0.4) is 0 Å². The van der Waals surface area contributed by atoms with Gasteiger partial charge in [-0.05, 0) is 51.3 Å². The van der Waals surface area contributed by atoms with Crippen LogP contribution in [0.2, 0.25) is 0 Å². The molecule has 0 atom stereocenters. The molecule has 8 nitrogen and oxygen atoms in total.